The molecule has 2 saturated carbocycles. The van der Waals surface area contributed by atoms with Gasteiger partial charge in [0.2, 0.25) is 0 Å². The summed E-state index contributed by atoms with van der Waals surface area (Å²) in [5.41, 5.74) is 1.96. The molecule has 0 spiro atoms. The van der Waals surface area contributed by atoms with Crippen LogP contribution in [0, 0.1) is 0 Å². The lowest BCUT2D eigenvalue weighted by molar-refractivity contribution is 0.0244. The van der Waals surface area contributed by atoms with Crippen molar-refractivity contribution < 1.29 is 9.90 Å². The molecule has 2 aromatic heterocycles. The van der Waals surface area contributed by atoms with Gasteiger partial charge in [-0.15, -0.1) is 16.4 Å². The molecule has 2 atom stereocenters. The molecule has 2 N–H and O–H groups in total. The average molecular weight is 355 g/mol. The van der Waals surface area contributed by atoms with Gasteiger partial charge in [0.05, 0.1) is 33.6 Å². The first-order valence-electron chi connectivity index (χ1n) is 8.49. The Balaban J connectivity index is 1.34. The molecule has 0 saturated heterocycles. The van der Waals surface area contributed by atoms with E-state index in [-0.39, 0.29) is 17.6 Å². The van der Waals surface area contributed by atoms with Gasteiger partial charge >= 0.3 is 0 Å². The first kappa shape index (κ1) is 15.0. The minimum atomic E-state index is -0.396. The van der Waals surface area contributed by atoms with E-state index in [4.69, 9.17) is 0 Å². The van der Waals surface area contributed by atoms with Crippen molar-refractivity contribution in [3.8, 4) is 0 Å². The Bertz CT molecular complexity index is 961. The van der Waals surface area contributed by atoms with Crippen molar-refractivity contribution in [2.24, 2.45) is 0 Å². The number of benzene rings is 1. The molecule has 2 heterocycles. The van der Waals surface area contributed by atoms with Gasteiger partial charge in [-0.25, -0.2) is 9.67 Å². The van der Waals surface area contributed by atoms with E-state index in [1.807, 2.05) is 18.2 Å². The van der Waals surface area contributed by atoms with E-state index in [0.29, 0.717) is 5.92 Å². The topological polar surface area (TPSA) is 92.9 Å². The summed E-state index contributed by atoms with van der Waals surface area (Å²) in [5.74, 6) is 0.332. The van der Waals surface area contributed by atoms with Crippen LogP contribution in [0.1, 0.15) is 53.1 Å². The highest BCUT2D eigenvalue weighted by Crippen LogP contribution is 2.43. The lowest BCUT2D eigenvalue weighted by Crippen LogP contribution is -2.34. The fourth-order valence-corrected chi connectivity index (χ4v) is 4.21. The molecule has 1 amide bonds. The molecule has 0 radical (unpaired) electrons. The molecule has 1 aromatic carbocycles. The maximum atomic E-state index is 12.4. The molecule has 0 unspecified atom stereocenters. The van der Waals surface area contributed by atoms with Gasteiger partial charge in [-0.05, 0) is 43.9 Å². The van der Waals surface area contributed by atoms with Gasteiger partial charge in [0.1, 0.15) is 0 Å². The third kappa shape index (κ3) is 2.71. The number of aliphatic hydroxyl groups is 1. The second-order valence-electron chi connectivity index (χ2n) is 6.76. The number of hydrogen-bond acceptors (Lipinski definition) is 6. The Labute approximate surface area is 147 Å². The molecule has 8 heteroatoms. The quantitative estimate of drug-likeness (QED) is 0.751. The van der Waals surface area contributed by atoms with Gasteiger partial charge in [0.15, 0.2) is 5.69 Å². The van der Waals surface area contributed by atoms with E-state index in [1.165, 1.54) is 17.8 Å². The molecule has 128 valence electrons. The second-order valence-corrected chi connectivity index (χ2v) is 7.82. The van der Waals surface area contributed by atoms with Crippen LogP contribution in [0.4, 0.5) is 5.69 Å². The lowest BCUT2D eigenvalue weighted by atomic mass is 9.89. The van der Waals surface area contributed by atoms with E-state index in [2.05, 4.69) is 20.6 Å². The zero-order valence-electron chi connectivity index (χ0n) is 13.4. The number of thiazole rings is 1. The number of carbonyl (C=O) groups is 1. The lowest BCUT2D eigenvalue weighted by Gasteiger charge is -2.31. The van der Waals surface area contributed by atoms with Gasteiger partial charge in [-0.1, -0.05) is 5.21 Å². The number of aliphatic hydroxyl groups excluding tert-OH is 1. The summed E-state index contributed by atoms with van der Waals surface area (Å²) < 4.78 is 2.66. The molecule has 3 aromatic rings. The van der Waals surface area contributed by atoms with Gasteiger partial charge < -0.3 is 10.4 Å². The van der Waals surface area contributed by atoms with Gasteiger partial charge in [-0.3, -0.25) is 4.79 Å². The van der Waals surface area contributed by atoms with Crippen molar-refractivity contribution >= 4 is 33.1 Å². The van der Waals surface area contributed by atoms with Crippen LogP contribution in [0.2, 0.25) is 0 Å². The summed E-state index contributed by atoms with van der Waals surface area (Å²) in [7, 11) is 0. The first-order chi connectivity index (χ1) is 12.2. The summed E-state index contributed by atoms with van der Waals surface area (Å²) in [5, 5.41) is 21.7. The van der Waals surface area contributed by atoms with E-state index in [1.54, 1.807) is 22.2 Å². The molecular weight excluding hydrogens is 338 g/mol. The van der Waals surface area contributed by atoms with E-state index in [9.17, 15) is 9.90 Å². The number of aromatic nitrogens is 4. The summed E-state index contributed by atoms with van der Waals surface area (Å²) in [6.07, 6.45) is 5.29. The Morgan fingerprint density at radius 2 is 2.16 bits per heavy atom. The Morgan fingerprint density at radius 3 is 2.88 bits per heavy atom. The minimum absolute atomic E-state index is 0.0663. The zero-order valence-corrected chi connectivity index (χ0v) is 14.2. The van der Waals surface area contributed by atoms with Crippen molar-refractivity contribution in [1.82, 2.24) is 20.0 Å². The normalized spacial score (nSPS) is 22.8. The van der Waals surface area contributed by atoms with Crippen LogP contribution in [-0.4, -0.2) is 37.1 Å². The smallest absolute Gasteiger partial charge is 0.277 e. The fourth-order valence-electron chi connectivity index (χ4n) is 3.04. The standard InChI is InChI=1S/C17H17N5O2S/c23-14-6-5-13(14)22-8-12(20-21-22)16(24)18-10-3-4-11-15(7-10)25-17(19-11)9-1-2-9/h3-4,7-9,13-14,23H,1-2,5-6H2,(H,18,24)/t13-,14-/m1/s1. The molecule has 2 aliphatic carbocycles. The van der Waals surface area contributed by atoms with Gasteiger partial charge in [0.25, 0.3) is 5.91 Å². The summed E-state index contributed by atoms with van der Waals surface area (Å²) in [6.45, 7) is 0. The number of rotatable bonds is 4. The molecule has 2 aliphatic rings. The number of anilines is 1. The summed E-state index contributed by atoms with van der Waals surface area (Å²) in [4.78, 5) is 17.1. The summed E-state index contributed by atoms with van der Waals surface area (Å²) in [6, 6.07) is 5.69. The molecule has 5 rings (SSSR count). The van der Waals surface area contributed by atoms with Crippen LogP contribution in [0.15, 0.2) is 24.4 Å². The number of amides is 1. The SMILES string of the molecule is O=C(Nc1ccc2nc(C3CC3)sc2c1)c1cn([C@@H]2CC[C@H]2O)nn1. The largest absolute Gasteiger partial charge is 0.391 e. The van der Waals surface area contributed by atoms with Crippen LogP contribution < -0.4 is 5.32 Å². The number of hydrogen-bond donors (Lipinski definition) is 2. The third-order valence-electron chi connectivity index (χ3n) is 4.87. The van der Waals surface area contributed by atoms with Crippen LogP contribution in [-0.2, 0) is 0 Å². The molecule has 0 aliphatic heterocycles. The van der Waals surface area contributed by atoms with Crippen LogP contribution in [0.25, 0.3) is 10.2 Å². The monoisotopic (exact) mass is 355 g/mol. The maximum absolute atomic E-state index is 12.4. The first-order valence-corrected chi connectivity index (χ1v) is 9.31. The van der Waals surface area contributed by atoms with Crippen molar-refractivity contribution in [3.05, 3.63) is 35.1 Å². The number of nitrogens with one attached hydrogen (secondary N) is 1. The van der Waals surface area contributed by atoms with Gasteiger partial charge in [-0.2, -0.15) is 0 Å². The van der Waals surface area contributed by atoms with Crippen molar-refractivity contribution in [3.63, 3.8) is 0 Å². The predicted molar refractivity (Wildman–Crippen MR) is 93.8 cm³/mol. The molecule has 25 heavy (non-hydrogen) atoms. The Hall–Kier alpha value is -2.32. The van der Waals surface area contributed by atoms with Crippen molar-refractivity contribution in [1.29, 1.82) is 0 Å². The number of fused-ring (bicyclic) bond motifs is 1. The highest BCUT2D eigenvalue weighted by molar-refractivity contribution is 7.18. The molecule has 7 nitrogen and oxygen atoms in total. The van der Waals surface area contributed by atoms with Crippen LogP contribution in [0.5, 0.6) is 0 Å². The highest BCUT2D eigenvalue weighted by Gasteiger charge is 2.32. The Morgan fingerprint density at radius 1 is 1.28 bits per heavy atom. The Kier molecular flexibility index (Phi) is 3.36. The highest BCUT2D eigenvalue weighted by atomic mass is 32.1. The second kappa shape index (κ2) is 5.60. The van der Waals surface area contributed by atoms with Crippen molar-refractivity contribution in [2.45, 2.75) is 43.7 Å². The van der Waals surface area contributed by atoms with Crippen LogP contribution in [0.3, 0.4) is 0 Å². The van der Waals surface area contributed by atoms with E-state index < -0.39 is 6.10 Å². The maximum Gasteiger partial charge on any atom is 0.277 e. The fraction of sp³-hybridized carbons (Fsp3) is 0.412. The molecule has 0 bridgehead atoms. The average Bonchev–Trinajstić information content (AvgIpc) is 3.18. The van der Waals surface area contributed by atoms with Crippen LogP contribution >= 0.6 is 11.3 Å². The number of carbonyl (C=O) groups excluding carboxylic acids is 1. The van der Waals surface area contributed by atoms with Crippen molar-refractivity contribution in [2.75, 3.05) is 5.32 Å². The van der Waals surface area contributed by atoms with E-state index >= 15 is 0 Å². The zero-order chi connectivity index (χ0) is 17.0. The number of nitrogens with zero attached hydrogens (tertiary/aromatic N) is 4. The predicted octanol–water partition coefficient (Wildman–Crippen LogP) is 2.71. The minimum Gasteiger partial charge on any atom is -0.391 e. The third-order valence-corrected chi connectivity index (χ3v) is 6.06. The van der Waals surface area contributed by atoms with Gasteiger partial charge in [0, 0.05) is 11.6 Å². The molecular formula is C17H17N5O2S. The van der Waals surface area contributed by atoms with E-state index in [0.717, 1.165) is 28.7 Å². The summed E-state index contributed by atoms with van der Waals surface area (Å²) >= 11 is 1.70. The molecule has 2 fully saturated rings.